The maximum Gasteiger partial charge on any atom is 0.343 e. The van der Waals surface area contributed by atoms with Crippen LogP contribution in [0.15, 0.2) is 60.7 Å². The quantitative estimate of drug-likeness (QED) is 0.135. The van der Waals surface area contributed by atoms with Gasteiger partial charge < -0.3 is 14.2 Å². The molecule has 4 nitrogen and oxygen atoms in total. The largest absolute Gasteiger partial charge is 0.423 e. The number of fused-ring (bicyclic) bond motifs is 5. The summed E-state index contributed by atoms with van der Waals surface area (Å²) in [7, 11) is 0. The highest BCUT2D eigenvalue weighted by atomic mass is 16.7. The predicted molar refractivity (Wildman–Crippen MR) is 138 cm³/mol. The molecule has 0 spiro atoms. The van der Waals surface area contributed by atoms with Gasteiger partial charge in [0.15, 0.2) is 6.29 Å². The van der Waals surface area contributed by atoms with E-state index < -0.39 is 0 Å². The minimum atomic E-state index is -0.303. The van der Waals surface area contributed by atoms with E-state index in [0.29, 0.717) is 29.1 Å². The van der Waals surface area contributed by atoms with Gasteiger partial charge in [-0.2, -0.15) is 0 Å². The van der Waals surface area contributed by atoms with Crippen molar-refractivity contribution in [2.45, 2.75) is 77.6 Å². The van der Waals surface area contributed by atoms with Gasteiger partial charge in [0, 0.05) is 12.0 Å². The zero-order chi connectivity index (χ0) is 24.4. The first-order valence-electron chi connectivity index (χ1n) is 13.3. The van der Waals surface area contributed by atoms with E-state index >= 15 is 0 Å². The average molecular weight is 475 g/mol. The summed E-state index contributed by atoms with van der Waals surface area (Å²) in [6, 6.07) is 15.5. The fourth-order valence-corrected chi connectivity index (χ4v) is 6.61. The molecule has 0 aromatic heterocycles. The molecule has 0 saturated heterocycles. The van der Waals surface area contributed by atoms with Gasteiger partial charge in [-0.15, -0.1) is 0 Å². The Hall–Kier alpha value is -2.43. The summed E-state index contributed by atoms with van der Waals surface area (Å²) < 4.78 is 18.0. The second kappa shape index (κ2) is 10.3. The maximum absolute atomic E-state index is 12.5. The van der Waals surface area contributed by atoms with Crippen molar-refractivity contribution in [1.29, 1.82) is 0 Å². The Balaban J connectivity index is 1.26. The number of carbonyl (C=O) groups is 1. The predicted octanol–water partition coefficient (Wildman–Crippen LogP) is 7.09. The van der Waals surface area contributed by atoms with Crippen LogP contribution in [0.5, 0.6) is 5.75 Å². The third-order valence-electron chi connectivity index (χ3n) is 8.55. The van der Waals surface area contributed by atoms with Crippen molar-refractivity contribution in [2.24, 2.45) is 17.3 Å². The zero-order valence-electron chi connectivity index (χ0n) is 21.2. The molecule has 5 unspecified atom stereocenters. The van der Waals surface area contributed by atoms with Crippen LogP contribution in [0, 0.1) is 17.3 Å². The summed E-state index contributed by atoms with van der Waals surface area (Å²) in [6.07, 6.45) is 11.4. The monoisotopic (exact) mass is 474 g/mol. The number of unbranched alkanes of at least 4 members (excludes halogenated alkanes) is 1. The average Bonchev–Trinajstić information content (AvgIpc) is 3.20. The Morgan fingerprint density at radius 1 is 1.11 bits per heavy atom. The number of hydrogen-bond acceptors (Lipinski definition) is 4. The van der Waals surface area contributed by atoms with Crippen molar-refractivity contribution in [2.75, 3.05) is 6.61 Å². The normalized spacial score (nSPS) is 29.7. The zero-order valence-corrected chi connectivity index (χ0v) is 21.2. The number of allylic oxidation sites excluding steroid dienone is 1. The summed E-state index contributed by atoms with van der Waals surface area (Å²) in [5.41, 5.74) is 3.48. The Kier molecular flexibility index (Phi) is 7.13. The van der Waals surface area contributed by atoms with Crippen LogP contribution in [0.25, 0.3) is 0 Å². The Labute approximate surface area is 209 Å². The summed E-state index contributed by atoms with van der Waals surface area (Å²) in [5.74, 6) is 2.04. The van der Waals surface area contributed by atoms with E-state index in [9.17, 15) is 4.79 Å². The lowest BCUT2D eigenvalue weighted by Crippen LogP contribution is -2.46. The highest BCUT2D eigenvalue weighted by Crippen LogP contribution is 2.59. The summed E-state index contributed by atoms with van der Waals surface area (Å²) in [4.78, 5) is 12.5. The first kappa shape index (κ1) is 24.3. The number of aryl methyl sites for hydroxylation is 1. The fraction of sp³-hybridized carbons (Fsp3) is 0.516. The number of rotatable bonds is 8. The molecule has 3 aliphatic rings. The highest BCUT2D eigenvalue weighted by molar-refractivity contribution is 5.91. The molecular formula is C31H38O4. The van der Waals surface area contributed by atoms with Crippen LogP contribution in [0.3, 0.4) is 0 Å². The third kappa shape index (κ3) is 4.83. The SMILES string of the molecule is CCCCOC(C)O[C@H]1C=CC2C3CCc4cc(OC(=O)c5ccccc5)ccc4C3CCC21C. The van der Waals surface area contributed by atoms with Crippen molar-refractivity contribution in [1.82, 2.24) is 0 Å². The summed E-state index contributed by atoms with van der Waals surface area (Å²) >= 11 is 0. The van der Waals surface area contributed by atoms with Crippen molar-refractivity contribution in [3.8, 4) is 5.75 Å². The number of carbonyl (C=O) groups excluding carboxylic acids is 1. The van der Waals surface area contributed by atoms with Gasteiger partial charge >= 0.3 is 5.97 Å². The molecule has 5 rings (SSSR count). The topological polar surface area (TPSA) is 44.8 Å². The van der Waals surface area contributed by atoms with Gasteiger partial charge in [-0.05, 0) is 92.2 Å². The van der Waals surface area contributed by atoms with Gasteiger partial charge in [0.1, 0.15) is 5.75 Å². The number of hydrogen-bond donors (Lipinski definition) is 0. The second-order valence-electron chi connectivity index (χ2n) is 10.7. The molecule has 2 aromatic rings. The first-order valence-corrected chi connectivity index (χ1v) is 13.3. The minimum absolute atomic E-state index is 0.117. The van der Waals surface area contributed by atoms with Gasteiger partial charge in [0.2, 0.25) is 0 Å². The van der Waals surface area contributed by atoms with Crippen molar-refractivity contribution in [3.63, 3.8) is 0 Å². The smallest absolute Gasteiger partial charge is 0.343 e. The molecule has 2 aromatic carbocycles. The maximum atomic E-state index is 12.5. The molecule has 4 heteroatoms. The number of benzene rings is 2. The Bertz CT molecular complexity index is 1060. The second-order valence-corrected chi connectivity index (χ2v) is 10.7. The van der Waals surface area contributed by atoms with Crippen LogP contribution in [0.4, 0.5) is 0 Å². The minimum Gasteiger partial charge on any atom is -0.423 e. The van der Waals surface area contributed by atoms with Crippen molar-refractivity contribution < 1.29 is 19.0 Å². The Morgan fingerprint density at radius 3 is 2.74 bits per heavy atom. The molecule has 3 aliphatic carbocycles. The molecule has 1 fully saturated rings. The van der Waals surface area contributed by atoms with Crippen LogP contribution in [-0.2, 0) is 15.9 Å². The standard InChI is InChI=1S/C31H38O4/c1-4-5-19-33-21(2)34-29-16-15-28-27-13-11-23-20-24(35-30(32)22-9-7-6-8-10-22)12-14-25(23)26(27)17-18-31(28,29)3/h6-10,12,14-16,20-21,26-29H,4-5,11,13,17-19H2,1-3H3/t21?,26?,27?,28?,29-,31?/m0/s1. The first-order chi connectivity index (χ1) is 17.0. The molecule has 6 atom stereocenters. The van der Waals surface area contributed by atoms with E-state index in [1.165, 1.54) is 17.5 Å². The number of ether oxygens (including phenoxy) is 3. The molecular weight excluding hydrogens is 436 g/mol. The molecule has 0 radical (unpaired) electrons. The van der Waals surface area contributed by atoms with E-state index in [1.807, 2.05) is 31.2 Å². The number of esters is 1. The van der Waals surface area contributed by atoms with Gasteiger partial charge in [-0.3, -0.25) is 0 Å². The molecule has 35 heavy (non-hydrogen) atoms. The van der Waals surface area contributed by atoms with Crippen molar-refractivity contribution >= 4 is 5.97 Å². The molecule has 1 saturated carbocycles. The van der Waals surface area contributed by atoms with Crippen LogP contribution in [0.2, 0.25) is 0 Å². The summed E-state index contributed by atoms with van der Waals surface area (Å²) in [6.45, 7) is 7.39. The van der Waals surface area contributed by atoms with E-state index in [0.717, 1.165) is 38.7 Å². The van der Waals surface area contributed by atoms with Crippen molar-refractivity contribution in [3.05, 3.63) is 77.4 Å². The lowest BCUT2D eigenvalue weighted by Gasteiger charge is -2.50. The van der Waals surface area contributed by atoms with E-state index in [-0.39, 0.29) is 23.8 Å². The van der Waals surface area contributed by atoms with Gasteiger partial charge in [-0.1, -0.05) is 56.7 Å². The highest BCUT2D eigenvalue weighted by Gasteiger charge is 2.53. The van der Waals surface area contributed by atoms with Gasteiger partial charge in [0.05, 0.1) is 11.7 Å². The molecule has 0 N–H and O–H groups in total. The van der Waals surface area contributed by atoms with Crippen LogP contribution >= 0.6 is 0 Å². The van der Waals surface area contributed by atoms with Crippen LogP contribution in [-0.4, -0.2) is 25.0 Å². The lowest BCUT2D eigenvalue weighted by molar-refractivity contribution is -0.182. The van der Waals surface area contributed by atoms with Gasteiger partial charge in [-0.25, -0.2) is 4.79 Å². The van der Waals surface area contributed by atoms with Crippen LogP contribution in [0.1, 0.15) is 80.3 Å². The molecule has 186 valence electrons. The van der Waals surface area contributed by atoms with E-state index in [1.54, 1.807) is 12.1 Å². The van der Waals surface area contributed by atoms with Gasteiger partial charge in [0.25, 0.3) is 0 Å². The molecule has 0 amide bonds. The fourth-order valence-electron chi connectivity index (χ4n) is 6.61. The molecule has 0 aliphatic heterocycles. The summed E-state index contributed by atoms with van der Waals surface area (Å²) in [5, 5.41) is 0. The lowest BCUT2D eigenvalue weighted by atomic mass is 9.55. The van der Waals surface area contributed by atoms with E-state index in [4.69, 9.17) is 14.2 Å². The van der Waals surface area contributed by atoms with E-state index in [2.05, 4.69) is 38.1 Å². The molecule has 0 bridgehead atoms. The third-order valence-corrected chi connectivity index (χ3v) is 8.55. The van der Waals surface area contributed by atoms with Crippen LogP contribution < -0.4 is 4.74 Å². The molecule has 0 heterocycles. The Morgan fingerprint density at radius 2 is 1.94 bits per heavy atom.